The van der Waals surface area contributed by atoms with E-state index in [0.29, 0.717) is 44.2 Å². The first-order chi connectivity index (χ1) is 15.3. The highest BCUT2D eigenvalue weighted by molar-refractivity contribution is 9.10. The van der Waals surface area contributed by atoms with E-state index in [1.54, 1.807) is 0 Å². The highest BCUT2D eigenvalue weighted by Crippen LogP contribution is 2.35. The molecule has 3 aromatic rings. The van der Waals surface area contributed by atoms with Crippen molar-refractivity contribution in [2.24, 2.45) is 5.92 Å². The highest BCUT2D eigenvalue weighted by atomic mass is 79.9. The molecule has 1 aromatic heterocycles. The zero-order chi connectivity index (χ0) is 22.7. The summed E-state index contributed by atoms with van der Waals surface area (Å²) in [4.78, 5) is 19.1. The minimum atomic E-state index is -4.52. The number of alkyl halides is 3. The van der Waals surface area contributed by atoms with Crippen LogP contribution in [0.1, 0.15) is 24.3 Å². The molecule has 2 aromatic carbocycles. The summed E-state index contributed by atoms with van der Waals surface area (Å²) in [5.74, 6) is 0.236. The molecule has 6 nitrogen and oxygen atoms in total. The Morgan fingerprint density at radius 2 is 1.81 bits per heavy atom. The number of benzene rings is 2. The summed E-state index contributed by atoms with van der Waals surface area (Å²) < 4.78 is 45.7. The van der Waals surface area contributed by atoms with Crippen LogP contribution in [-0.2, 0) is 17.5 Å². The van der Waals surface area contributed by atoms with Crippen LogP contribution in [0.5, 0.6) is 0 Å². The zero-order valence-electron chi connectivity index (χ0n) is 16.9. The van der Waals surface area contributed by atoms with E-state index < -0.39 is 17.6 Å². The molecule has 0 spiro atoms. The SMILES string of the molecule is O=C(Nc1ccccc1C(F)(F)F)C1CCN(Cc2nc(-c3ccc(Br)cc3)no2)CC1. The van der Waals surface area contributed by atoms with Crippen LogP contribution in [0.2, 0.25) is 0 Å². The molecular formula is C22H20BrF3N4O2. The van der Waals surface area contributed by atoms with E-state index in [0.717, 1.165) is 16.1 Å². The molecule has 10 heteroatoms. The molecule has 4 rings (SSSR count). The van der Waals surface area contributed by atoms with E-state index in [2.05, 4.69) is 36.3 Å². The average Bonchev–Trinajstić information content (AvgIpc) is 3.23. The van der Waals surface area contributed by atoms with E-state index >= 15 is 0 Å². The summed E-state index contributed by atoms with van der Waals surface area (Å²) in [6.45, 7) is 1.67. The molecule has 0 bridgehead atoms. The van der Waals surface area contributed by atoms with Gasteiger partial charge in [-0.3, -0.25) is 9.69 Å². The molecule has 32 heavy (non-hydrogen) atoms. The Hall–Kier alpha value is -2.72. The Morgan fingerprint density at radius 3 is 2.50 bits per heavy atom. The number of amides is 1. The molecular weight excluding hydrogens is 489 g/mol. The summed E-state index contributed by atoms with van der Waals surface area (Å²) in [5.41, 5.74) is -0.208. The Kier molecular flexibility index (Phi) is 6.61. The number of hydrogen-bond donors (Lipinski definition) is 1. The quantitative estimate of drug-likeness (QED) is 0.501. The van der Waals surface area contributed by atoms with Crippen molar-refractivity contribution in [3.8, 4) is 11.4 Å². The van der Waals surface area contributed by atoms with Crippen LogP contribution < -0.4 is 5.32 Å². The Bertz CT molecular complexity index is 1080. The molecule has 0 unspecified atom stereocenters. The number of rotatable bonds is 5. The monoisotopic (exact) mass is 508 g/mol. The van der Waals surface area contributed by atoms with Gasteiger partial charge in [-0.1, -0.05) is 33.2 Å². The Labute approximate surface area is 190 Å². The largest absolute Gasteiger partial charge is 0.418 e. The lowest BCUT2D eigenvalue weighted by Crippen LogP contribution is -2.38. The first-order valence-corrected chi connectivity index (χ1v) is 10.9. The number of para-hydroxylation sites is 1. The third kappa shape index (κ3) is 5.36. The van der Waals surface area contributed by atoms with Crippen LogP contribution >= 0.6 is 15.9 Å². The molecule has 0 radical (unpaired) electrons. The second-order valence-electron chi connectivity index (χ2n) is 7.60. The molecule has 2 heterocycles. The van der Waals surface area contributed by atoms with Crippen molar-refractivity contribution in [1.82, 2.24) is 15.0 Å². The lowest BCUT2D eigenvalue weighted by Gasteiger charge is -2.30. The van der Waals surface area contributed by atoms with Crippen LogP contribution in [0.4, 0.5) is 18.9 Å². The molecule has 1 aliphatic rings. The summed E-state index contributed by atoms with van der Waals surface area (Å²) in [6.07, 6.45) is -3.45. The number of hydrogen-bond acceptors (Lipinski definition) is 5. The van der Waals surface area contributed by atoms with Gasteiger partial charge >= 0.3 is 6.18 Å². The van der Waals surface area contributed by atoms with Crippen molar-refractivity contribution >= 4 is 27.5 Å². The van der Waals surface area contributed by atoms with Crippen molar-refractivity contribution in [3.05, 3.63) is 64.5 Å². The van der Waals surface area contributed by atoms with Gasteiger partial charge in [0.25, 0.3) is 0 Å². The minimum absolute atomic E-state index is 0.209. The topological polar surface area (TPSA) is 71.3 Å². The fourth-order valence-corrected chi connectivity index (χ4v) is 3.92. The second-order valence-corrected chi connectivity index (χ2v) is 8.52. The van der Waals surface area contributed by atoms with Crippen molar-refractivity contribution < 1.29 is 22.5 Å². The van der Waals surface area contributed by atoms with Gasteiger partial charge in [0.1, 0.15) is 0 Å². The molecule has 1 aliphatic heterocycles. The maximum Gasteiger partial charge on any atom is 0.418 e. The molecule has 1 saturated heterocycles. The molecule has 0 atom stereocenters. The van der Waals surface area contributed by atoms with E-state index in [-0.39, 0.29) is 11.6 Å². The van der Waals surface area contributed by atoms with Crippen molar-refractivity contribution in [2.45, 2.75) is 25.6 Å². The Balaban J connectivity index is 1.31. The Morgan fingerprint density at radius 1 is 1.12 bits per heavy atom. The lowest BCUT2D eigenvalue weighted by atomic mass is 9.95. The molecule has 168 valence electrons. The van der Waals surface area contributed by atoms with Crippen LogP contribution in [0.3, 0.4) is 0 Å². The summed E-state index contributed by atoms with van der Waals surface area (Å²) >= 11 is 3.39. The number of nitrogens with one attached hydrogen (secondary N) is 1. The van der Waals surface area contributed by atoms with Gasteiger partial charge in [-0.05, 0) is 62.3 Å². The number of nitrogens with zero attached hydrogens (tertiary/aromatic N) is 3. The third-order valence-electron chi connectivity index (χ3n) is 5.38. The highest BCUT2D eigenvalue weighted by Gasteiger charge is 2.34. The normalized spacial score (nSPS) is 15.6. The van der Waals surface area contributed by atoms with Gasteiger partial charge in [-0.25, -0.2) is 0 Å². The predicted octanol–water partition coefficient (Wildman–Crippen LogP) is 5.37. The number of likely N-dealkylation sites (tertiary alicyclic amines) is 1. The van der Waals surface area contributed by atoms with E-state index in [9.17, 15) is 18.0 Å². The lowest BCUT2D eigenvalue weighted by molar-refractivity contribution is -0.137. The molecule has 0 aliphatic carbocycles. The van der Waals surface area contributed by atoms with Crippen LogP contribution in [0.15, 0.2) is 57.5 Å². The number of carbonyl (C=O) groups excluding carboxylic acids is 1. The number of carbonyl (C=O) groups is 1. The van der Waals surface area contributed by atoms with Crippen molar-refractivity contribution in [1.29, 1.82) is 0 Å². The summed E-state index contributed by atoms with van der Waals surface area (Å²) in [7, 11) is 0. The maximum absolute atomic E-state index is 13.1. The van der Waals surface area contributed by atoms with Gasteiger partial charge in [-0.15, -0.1) is 0 Å². The number of aromatic nitrogens is 2. The molecule has 0 saturated carbocycles. The van der Waals surface area contributed by atoms with Gasteiger partial charge in [0, 0.05) is 16.0 Å². The fraction of sp³-hybridized carbons (Fsp3) is 0.318. The molecule has 1 amide bonds. The summed E-state index contributed by atoms with van der Waals surface area (Å²) in [5, 5.41) is 6.47. The first-order valence-electron chi connectivity index (χ1n) is 10.1. The third-order valence-corrected chi connectivity index (χ3v) is 5.91. The molecule has 1 N–H and O–H groups in total. The van der Waals surface area contributed by atoms with Crippen molar-refractivity contribution in [2.75, 3.05) is 18.4 Å². The van der Waals surface area contributed by atoms with E-state index in [4.69, 9.17) is 4.52 Å². The van der Waals surface area contributed by atoms with E-state index in [1.807, 2.05) is 24.3 Å². The smallest absolute Gasteiger partial charge is 0.338 e. The first kappa shape index (κ1) is 22.5. The average molecular weight is 509 g/mol. The number of halogens is 4. The van der Waals surface area contributed by atoms with Crippen LogP contribution in [0.25, 0.3) is 11.4 Å². The summed E-state index contributed by atoms with van der Waals surface area (Å²) in [6, 6.07) is 12.6. The maximum atomic E-state index is 13.1. The van der Waals surface area contributed by atoms with Gasteiger partial charge < -0.3 is 9.84 Å². The standard InChI is InChI=1S/C22H20BrF3N4O2/c23-16-7-5-14(6-8-16)20-28-19(32-29-20)13-30-11-9-15(10-12-30)21(31)27-18-4-2-1-3-17(18)22(24,25)26/h1-8,15H,9-13H2,(H,27,31). The van der Waals surface area contributed by atoms with E-state index in [1.165, 1.54) is 18.2 Å². The number of anilines is 1. The molecule has 1 fully saturated rings. The zero-order valence-corrected chi connectivity index (χ0v) is 18.5. The van der Waals surface area contributed by atoms with Crippen LogP contribution in [0, 0.1) is 5.92 Å². The second kappa shape index (κ2) is 9.41. The van der Waals surface area contributed by atoms with Gasteiger partial charge in [0.15, 0.2) is 0 Å². The van der Waals surface area contributed by atoms with Gasteiger partial charge in [-0.2, -0.15) is 18.2 Å². The number of piperidine rings is 1. The van der Waals surface area contributed by atoms with Gasteiger partial charge in [0.2, 0.25) is 17.6 Å². The van der Waals surface area contributed by atoms with Gasteiger partial charge in [0.05, 0.1) is 17.8 Å². The fourth-order valence-electron chi connectivity index (χ4n) is 3.65. The predicted molar refractivity (Wildman–Crippen MR) is 116 cm³/mol. The van der Waals surface area contributed by atoms with Crippen LogP contribution in [-0.4, -0.2) is 34.0 Å². The van der Waals surface area contributed by atoms with Crippen molar-refractivity contribution in [3.63, 3.8) is 0 Å². The minimum Gasteiger partial charge on any atom is -0.338 e.